The van der Waals surface area contributed by atoms with Crippen molar-refractivity contribution in [3.05, 3.63) is 71.3 Å². The number of piperidine rings is 1. The zero-order valence-corrected chi connectivity index (χ0v) is 19.2. The summed E-state index contributed by atoms with van der Waals surface area (Å²) in [6, 6.07) is 19.4. The van der Waals surface area contributed by atoms with E-state index in [4.69, 9.17) is 0 Å². The molecule has 1 aliphatic heterocycles. The van der Waals surface area contributed by atoms with E-state index in [2.05, 4.69) is 74.2 Å². The Morgan fingerprint density at radius 2 is 1.83 bits per heavy atom. The zero-order chi connectivity index (χ0) is 21.4. The summed E-state index contributed by atoms with van der Waals surface area (Å²) in [6.45, 7) is 15.7. The molecule has 0 amide bonds. The smallest absolute Gasteiger partial charge is 0.134 e. The van der Waals surface area contributed by atoms with Crippen LogP contribution in [0.4, 0.5) is 0 Å². The summed E-state index contributed by atoms with van der Waals surface area (Å²) >= 11 is 0. The first-order chi connectivity index (χ1) is 13.9. The predicted molar refractivity (Wildman–Crippen MR) is 124 cm³/mol. The highest BCUT2D eigenvalue weighted by Crippen LogP contribution is 2.39. The summed E-state index contributed by atoms with van der Waals surface area (Å²) in [7, 11) is 0. The SMILES string of the molecule is CC.CC(=O)[C@@H](Cc1ccccc1)CN1CC[C@@](C)(c2cccc(C)c2)[C@@H](C)C1. The van der Waals surface area contributed by atoms with Gasteiger partial charge in [-0.05, 0) is 55.7 Å². The summed E-state index contributed by atoms with van der Waals surface area (Å²) < 4.78 is 0. The molecular weight excluding hydrogens is 354 g/mol. The Morgan fingerprint density at radius 3 is 2.41 bits per heavy atom. The van der Waals surface area contributed by atoms with E-state index in [1.807, 2.05) is 19.9 Å². The molecule has 1 fully saturated rings. The first-order valence-electron chi connectivity index (χ1n) is 11.2. The zero-order valence-electron chi connectivity index (χ0n) is 19.2. The summed E-state index contributed by atoms with van der Waals surface area (Å²) in [5.41, 5.74) is 4.27. The molecule has 29 heavy (non-hydrogen) atoms. The van der Waals surface area contributed by atoms with Crippen molar-refractivity contribution in [3.63, 3.8) is 0 Å². The summed E-state index contributed by atoms with van der Waals surface area (Å²) in [5, 5.41) is 0. The molecule has 2 nitrogen and oxygen atoms in total. The highest BCUT2D eigenvalue weighted by molar-refractivity contribution is 5.78. The summed E-state index contributed by atoms with van der Waals surface area (Å²) in [4.78, 5) is 14.8. The van der Waals surface area contributed by atoms with E-state index in [0.717, 1.165) is 32.5 Å². The van der Waals surface area contributed by atoms with Gasteiger partial charge in [0, 0.05) is 19.0 Å². The van der Waals surface area contributed by atoms with Gasteiger partial charge in [0.25, 0.3) is 0 Å². The highest BCUT2D eigenvalue weighted by atomic mass is 16.1. The minimum absolute atomic E-state index is 0.0860. The van der Waals surface area contributed by atoms with Gasteiger partial charge < -0.3 is 4.90 Å². The number of carbonyl (C=O) groups is 1. The van der Waals surface area contributed by atoms with E-state index in [-0.39, 0.29) is 11.3 Å². The number of benzene rings is 2. The van der Waals surface area contributed by atoms with Gasteiger partial charge >= 0.3 is 0 Å². The number of hydrogen-bond donors (Lipinski definition) is 0. The maximum atomic E-state index is 12.3. The van der Waals surface area contributed by atoms with Crippen LogP contribution in [0.3, 0.4) is 0 Å². The van der Waals surface area contributed by atoms with Crippen molar-refractivity contribution >= 4 is 5.78 Å². The van der Waals surface area contributed by atoms with Crippen LogP contribution in [0.15, 0.2) is 54.6 Å². The number of aryl methyl sites for hydroxylation is 1. The monoisotopic (exact) mass is 393 g/mol. The molecule has 0 aromatic heterocycles. The van der Waals surface area contributed by atoms with Gasteiger partial charge in [-0.2, -0.15) is 0 Å². The van der Waals surface area contributed by atoms with Gasteiger partial charge in [0.1, 0.15) is 5.78 Å². The second-order valence-corrected chi connectivity index (χ2v) is 8.69. The van der Waals surface area contributed by atoms with Gasteiger partial charge in [0.05, 0.1) is 0 Å². The second-order valence-electron chi connectivity index (χ2n) is 8.69. The average Bonchev–Trinajstić information content (AvgIpc) is 2.72. The lowest BCUT2D eigenvalue weighted by atomic mass is 9.67. The molecule has 0 bridgehead atoms. The molecule has 0 aliphatic carbocycles. The van der Waals surface area contributed by atoms with Gasteiger partial charge in [0.2, 0.25) is 0 Å². The molecule has 2 heteroatoms. The molecule has 0 N–H and O–H groups in total. The number of Topliss-reactive ketones (excluding diaryl/α,β-unsaturated/α-hetero) is 1. The lowest BCUT2D eigenvalue weighted by Gasteiger charge is -2.46. The Morgan fingerprint density at radius 1 is 1.14 bits per heavy atom. The van der Waals surface area contributed by atoms with Gasteiger partial charge in [0.15, 0.2) is 0 Å². The van der Waals surface area contributed by atoms with Crippen LogP contribution in [0, 0.1) is 18.8 Å². The third kappa shape index (κ3) is 6.02. The third-order valence-corrected chi connectivity index (χ3v) is 6.62. The molecule has 3 rings (SSSR count). The highest BCUT2D eigenvalue weighted by Gasteiger charge is 2.38. The topological polar surface area (TPSA) is 20.3 Å². The van der Waals surface area contributed by atoms with Gasteiger partial charge in [-0.15, -0.1) is 0 Å². The number of carbonyl (C=O) groups excluding carboxylic acids is 1. The standard InChI is InChI=1S/C25H33NO.C2H6/c1-19-9-8-12-24(15-19)25(4)13-14-26(17-20(25)2)18-23(21(3)27)16-22-10-6-5-7-11-22;1-2/h5-12,15,20,23H,13-14,16-18H2,1-4H3;1-2H3/t20-,23-,25+;/m0./s1. The van der Waals surface area contributed by atoms with E-state index in [0.29, 0.717) is 11.7 Å². The Balaban J connectivity index is 0.00000145. The molecule has 2 aromatic carbocycles. The molecule has 0 radical (unpaired) electrons. The van der Waals surface area contributed by atoms with Crippen molar-refractivity contribution in [3.8, 4) is 0 Å². The van der Waals surface area contributed by atoms with Crippen LogP contribution in [0.25, 0.3) is 0 Å². The molecule has 1 aliphatic rings. The minimum Gasteiger partial charge on any atom is -0.302 e. The van der Waals surface area contributed by atoms with Crippen LogP contribution in [-0.2, 0) is 16.6 Å². The molecule has 1 saturated heterocycles. The van der Waals surface area contributed by atoms with E-state index in [1.165, 1.54) is 16.7 Å². The maximum absolute atomic E-state index is 12.3. The predicted octanol–water partition coefficient (Wildman–Crippen LogP) is 6.07. The lowest BCUT2D eigenvalue weighted by molar-refractivity contribution is -0.121. The van der Waals surface area contributed by atoms with Gasteiger partial charge in [-0.3, -0.25) is 4.79 Å². The minimum atomic E-state index is 0.0860. The third-order valence-electron chi connectivity index (χ3n) is 6.62. The molecular formula is C27H39NO. The van der Waals surface area contributed by atoms with Crippen molar-refractivity contribution in [2.75, 3.05) is 19.6 Å². The molecule has 2 aromatic rings. The largest absolute Gasteiger partial charge is 0.302 e. The van der Waals surface area contributed by atoms with Gasteiger partial charge in [-0.25, -0.2) is 0 Å². The lowest BCUT2D eigenvalue weighted by Crippen LogP contribution is -2.49. The summed E-state index contributed by atoms with van der Waals surface area (Å²) in [5.74, 6) is 0.957. The van der Waals surface area contributed by atoms with Crippen LogP contribution in [0.5, 0.6) is 0 Å². The van der Waals surface area contributed by atoms with Gasteiger partial charge in [-0.1, -0.05) is 87.9 Å². The second kappa shape index (κ2) is 10.7. The normalized spacial score (nSPS) is 23.0. The van der Waals surface area contributed by atoms with Crippen LogP contribution >= 0.6 is 0 Å². The van der Waals surface area contributed by atoms with Crippen molar-refractivity contribution in [1.29, 1.82) is 0 Å². The van der Waals surface area contributed by atoms with Crippen molar-refractivity contribution < 1.29 is 4.79 Å². The van der Waals surface area contributed by atoms with Crippen LogP contribution in [-0.4, -0.2) is 30.3 Å². The van der Waals surface area contributed by atoms with Crippen LogP contribution < -0.4 is 0 Å². The molecule has 1 heterocycles. The van der Waals surface area contributed by atoms with E-state index < -0.39 is 0 Å². The molecule has 3 atom stereocenters. The first kappa shape index (κ1) is 23.3. The fourth-order valence-electron chi connectivity index (χ4n) is 4.46. The van der Waals surface area contributed by atoms with E-state index in [9.17, 15) is 4.79 Å². The van der Waals surface area contributed by atoms with Crippen LogP contribution in [0.1, 0.15) is 57.7 Å². The Kier molecular flexibility index (Phi) is 8.64. The van der Waals surface area contributed by atoms with Crippen molar-refractivity contribution in [1.82, 2.24) is 4.90 Å². The molecule has 158 valence electrons. The Bertz CT molecular complexity index is 769. The quantitative estimate of drug-likeness (QED) is 0.594. The number of rotatable bonds is 6. The molecule has 0 spiro atoms. The molecule has 0 saturated carbocycles. The van der Waals surface area contributed by atoms with E-state index in [1.54, 1.807) is 6.92 Å². The first-order valence-corrected chi connectivity index (χ1v) is 11.2. The average molecular weight is 394 g/mol. The number of nitrogens with zero attached hydrogens (tertiary/aromatic N) is 1. The number of ketones is 1. The Hall–Kier alpha value is -1.93. The fourth-order valence-corrected chi connectivity index (χ4v) is 4.46. The van der Waals surface area contributed by atoms with Crippen LogP contribution in [0.2, 0.25) is 0 Å². The molecule has 0 unspecified atom stereocenters. The Labute approximate surface area is 178 Å². The number of hydrogen-bond acceptors (Lipinski definition) is 2. The van der Waals surface area contributed by atoms with Crippen molar-refractivity contribution in [2.24, 2.45) is 11.8 Å². The fraction of sp³-hybridized carbons (Fsp3) is 0.519. The number of likely N-dealkylation sites (tertiary alicyclic amines) is 1. The van der Waals surface area contributed by atoms with E-state index >= 15 is 0 Å². The maximum Gasteiger partial charge on any atom is 0.134 e. The summed E-state index contributed by atoms with van der Waals surface area (Å²) in [6.07, 6.45) is 1.99. The van der Waals surface area contributed by atoms with Crippen molar-refractivity contribution in [2.45, 2.75) is 59.8 Å².